The van der Waals surface area contributed by atoms with Crippen LogP contribution in [0.3, 0.4) is 0 Å². The van der Waals surface area contributed by atoms with Gasteiger partial charge in [-0.25, -0.2) is 4.39 Å². The number of nitrogens with one attached hydrogen (secondary N) is 3. The van der Waals surface area contributed by atoms with E-state index in [-0.39, 0.29) is 18.1 Å². The van der Waals surface area contributed by atoms with Gasteiger partial charge in [0.05, 0.1) is 6.42 Å². The molecule has 0 spiro atoms. The number of carbonyl (C=O) groups is 1. The van der Waals surface area contributed by atoms with E-state index in [0.717, 1.165) is 31.0 Å². The van der Waals surface area contributed by atoms with E-state index in [4.69, 9.17) is 0 Å². The average molecular weight is 412 g/mol. The monoisotopic (exact) mass is 411 g/mol. The van der Waals surface area contributed by atoms with Crippen LogP contribution in [0.25, 0.3) is 0 Å². The molecule has 6 nitrogen and oxygen atoms in total. The number of hydrogen-bond donors (Lipinski definition) is 3. The van der Waals surface area contributed by atoms with Crippen molar-refractivity contribution in [2.75, 3.05) is 38.1 Å². The lowest BCUT2D eigenvalue weighted by Gasteiger charge is -2.20. The van der Waals surface area contributed by atoms with E-state index in [2.05, 4.69) is 57.0 Å². The molecule has 0 radical (unpaired) electrons. The first-order chi connectivity index (χ1) is 14.5. The van der Waals surface area contributed by atoms with Crippen molar-refractivity contribution < 1.29 is 9.18 Å². The largest absolute Gasteiger partial charge is 0.369 e. The molecule has 1 aliphatic heterocycles. The summed E-state index contributed by atoms with van der Waals surface area (Å²) in [5, 5.41) is 9.57. The molecule has 1 saturated heterocycles. The lowest BCUT2D eigenvalue weighted by atomic mass is 10.1. The van der Waals surface area contributed by atoms with Crippen LogP contribution >= 0.6 is 0 Å². The molecule has 1 fully saturated rings. The Balaban J connectivity index is 1.35. The highest BCUT2D eigenvalue weighted by Gasteiger charge is 2.23. The molecule has 160 valence electrons. The maximum atomic E-state index is 12.9. The average Bonchev–Trinajstić information content (AvgIpc) is 3.21. The molecule has 3 N–H and O–H groups in total. The van der Waals surface area contributed by atoms with Gasteiger partial charge in [0.25, 0.3) is 0 Å². The summed E-state index contributed by atoms with van der Waals surface area (Å²) in [6, 6.07) is 14.9. The Kier molecular flexibility index (Phi) is 7.65. The summed E-state index contributed by atoms with van der Waals surface area (Å²) in [7, 11) is 1.75. The number of halogens is 1. The van der Waals surface area contributed by atoms with Gasteiger partial charge in [-0.3, -0.25) is 9.79 Å². The Hall–Kier alpha value is -3.09. The first-order valence-corrected chi connectivity index (χ1v) is 10.3. The Labute approximate surface area is 177 Å². The minimum absolute atomic E-state index is 0.0871. The fourth-order valence-corrected chi connectivity index (χ4v) is 3.49. The van der Waals surface area contributed by atoms with Gasteiger partial charge in [0.1, 0.15) is 5.82 Å². The van der Waals surface area contributed by atoms with Crippen molar-refractivity contribution >= 4 is 17.6 Å². The minimum atomic E-state index is -0.300. The van der Waals surface area contributed by atoms with Gasteiger partial charge in [-0.15, -0.1) is 0 Å². The third-order valence-corrected chi connectivity index (χ3v) is 5.17. The maximum absolute atomic E-state index is 12.9. The molecule has 30 heavy (non-hydrogen) atoms. The molecule has 1 amide bonds. The van der Waals surface area contributed by atoms with Crippen LogP contribution in [0.2, 0.25) is 0 Å². The number of rotatable bonds is 7. The first kappa shape index (κ1) is 21.6. The second-order valence-corrected chi connectivity index (χ2v) is 7.56. The lowest BCUT2D eigenvalue weighted by molar-refractivity contribution is -0.120. The quantitative estimate of drug-likeness (QED) is 0.371. The Morgan fingerprint density at radius 2 is 1.80 bits per heavy atom. The fourth-order valence-electron chi connectivity index (χ4n) is 3.49. The third-order valence-electron chi connectivity index (χ3n) is 5.17. The van der Waals surface area contributed by atoms with Crippen LogP contribution in [0, 0.1) is 12.7 Å². The van der Waals surface area contributed by atoms with Crippen LogP contribution in [0.15, 0.2) is 53.5 Å². The second kappa shape index (κ2) is 10.6. The highest BCUT2D eigenvalue weighted by atomic mass is 19.1. The summed E-state index contributed by atoms with van der Waals surface area (Å²) >= 11 is 0. The number of anilines is 1. The van der Waals surface area contributed by atoms with Gasteiger partial charge in [-0.1, -0.05) is 29.8 Å². The third kappa shape index (κ3) is 6.47. The fraction of sp³-hybridized carbons (Fsp3) is 0.391. The number of carbonyl (C=O) groups excluding carboxylic acids is 1. The number of nitrogens with zero attached hydrogens (tertiary/aromatic N) is 2. The smallest absolute Gasteiger partial charge is 0.224 e. The van der Waals surface area contributed by atoms with E-state index in [9.17, 15) is 9.18 Å². The van der Waals surface area contributed by atoms with Crippen LogP contribution in [0.1, 0.15) is 17.5 Å². The summed E-state index contributed by atoms with van der Waals surface area (Å²) in [4.78, 5) is 18.7. The SMILES string of the molecule is CN=C(NCCNC(=O)Cc1ccc(F)cc1)NC1CCN(c2ccc(C)cc2)C1. The van der Waals surface area contributed by atoms with Crippen molar-refractivity contribution in [3.05, 3.63) is 65.5 Å². The van der Waals surface area contributed by atoms with Gasteiger partial charge in [-0.05, 0) is 43.2 Å². The van der Waals surface area contributed by atoms with Gasteiger partial charge in [0.2, 0.25) is 5.91 Å². The van der Waals surface area contributed by atoms with Gasteiger partial charge in [0.15, 0.2) is 5.96 Å². The number of aryl methyl sites for hydroxylation is 1. The molecule has 1 aliphatic rings. The molecule has 2 aromatic rings. The van der Waals surface area contributed by atoms with Gasteiger partial charge in [0, 0.05) is 45.0 Å². The van der Waals surface area contributed by atoms with Crippen LogP contribution in [0.4, 0.5) is 10.1 Å². The van der Waals surface area contributed by atoms with Gasteiger partial charge in [-0.2, -0.15) is 0 Å². The summed E-state index contributed by atoms with van der Waals surface area (Å²) < 4.78 is 12.9. The normalized spacial score (nSPS) is 16.4. The standard InChI is InChI=1S/C23H30FN5O/c1-17-3-9-21(10-4-17)29-14-11-20(16-29)28-23(25-2)27-13-12-26-22(30)15-18-5-7-19(24)8-6-18/h3-10,20H,11-16H2,1-2H3,(H,26,30)(H2,25,27,28). The Morgan fingerprint density at radius 1 is 1.10 bits per heavy atom. The van der Waals surface area contributed by atoms with Crippen molar-refractivity contribution in [1.82, 2.24) is 16.0 Å². The number of guanidine groups is 1. The molecule has 1 heterocycles. The van der Waals surface area contributed by atoms with Crippen LogP contribution in [-0.4, -0.2) is 51.1 Å². The first-order valence-electron chi connectivity index (χ1n) is 10.3. The van der Waals surface area contributed by atoms with Crippen molar-refractivity contribution in [1.29, 1.82) is 0 Å². The van der Waals surface area contributed by atoms with Crippen LogP contribution < -0.4 is 20.9 Å². The van der Waals surface area contributed by atoms with Gasteiger partial charge >= 0.3 is 0 Å². The van der Waals surface area contributed by atoms with E-state index in [1.54, 1.807) is 19.2 Å². The van der Waals surface area contributed by atoms with E-state index in [1.807, 2.05) is 0 Å². The predicted molar refractivity (Wildman–Crippen MR) is 119 cm³/mol. The molecule has 0 saturated carbocycles. The van der Waals surface area contributed by atoms with Crippen molar-refractivity contribution in [3.63, 3.8) is 0 Å². The number of amides is 1. The summed E-state index contributed by atoms with van der Waals surface area (Å²) in [5.74, 6) is 0.348. The van der Waals surface area contributed by atoms with E-state index in [0.29, 0.717) is 19.1 Å². The molecule has 2 aromatic carbocycles. The molecule has 1 atom stereocenters. The van der Waals surface area contributed by atoms with Crippen molar-refractivity contribution in [2.45, 2.75) is 25.8 Å². The van der Waals surface area contributed by atoms with Crippen LogP contribution in [0.5, 0.6) is 0 Å². The second-order valence-electron chi connectivity index (χ2n) is 7.56. The number of aliphatic imine (C=N–C) groups is 1. The maximum Gasteiger partial charge on any atom is 0.224 e. The number of benzene rings is 2. The minimum Gasteiger partial charge on any atom is -0.369 e. The summed E-state index contributed by atoms with van der Waals surface area (Å²) in [6.07, 6.45) is 1.28. The lowest BCUT2D eigenvalue weighted by Crippen LogP contribution is -2.46. The zero-order valence-electron chi connectivity index (χ0n) is 17.6. The summed E-state index contributed by atoms with van der Waals surface area (Å²) in [5.41, 5.74) is 3.30. The van der Waals surface area contributed by atoms with Crippen LogP contribution in [-0.2, 0) is 11.2 Å². The topological polar surface area (TPSA) is 68.8 Å². The molecule has 1 unspecified atom stereocenters. The molecule has 3 rings (SSSR count). The summed E-state index contributed by atoms with van der Waals surface area (Å²) in [6.45, 7) is 5.10. The Bertz CT molecular complexity index is 851. The van der Waals surface area contributed by atoms with Crippen molar-refractivity contribution in [2.24, 2.45) is 4.99 Å². The Morgan fingerprint density at radius 3 is 2.50 bits per heavy atom. The van der Waals surface area contributed by atoms with E-state index < -0.39 is 0 Å². The molecule has 0 aromatic heterocycles. The van der Waals surface area contributed by atoms with Crippen molar-refractivity contribution in [3.8, 4) is 0 Å². The molecular formula is C23H30FN5O. The zero-order chi connectivity index (χ0) is 21.3. The zero-order valence-corrected chi connectivity index (χ0v) is 17.6. The number of hydrogen-bond acceptors (Lipinski definition) is 3. The van der Waals surface area contributed by atoms with E-state index in [1.165, 1.54) is 23.4 Å². The van der Waals surface area contributed by atoms with Gasteiger partial charge < -0.3 is 20.9 Å². The molecular weight excluding hydrogens is 381 g/mol. The highest BCUT2D eigenvalue weighted by molar-refractivity contribution is 5.80. The predicted octanol–water partition coefficient (Wildman–Crippen LogP) is 2.24. The van der Waals surface area contributed by atoms with E-state index >= 15 is 0 Å². The molecule has 7 heteroatoms. The molecule has 0 aliphatic carbocycles. The highest BCUT2D eigenvalue weighted by Crippen LogP contribution is 2.20. The molecule has 0 bridgehead atoms.